The fourth-order valence-corrected chi connectivity index (χ4v) is 7.52. The van der Waals surface area contributed by atoms with Gasteiger partial charge in [-0.3, -0.25) is 13.8 Å². The van der Waals surface area contributed by atoms with Crippen LogP contribution in [0.25, 0.3) is 0 Å². The lowest BCUT2D eigenvalue weighted by molar-refractivity contribution is -0.870. The molecule has 58 heavy (non-hydrogen) atoms. The van der Waals surface area contributed by atoms with Crippen LogP contribution in [0.5, 0.6) is 0 Å². The third-order valence-corrected chi connectivity index (χ3v) is 11.6. The minimum atomic E-state index is -4.34. The molecule has 0 aromatic heterocycles. The molecule has 0 saturated carbocycles. The van der Waals surface area contributed by atoms with E-state index < -0.39 is 20.0 Å². The number of nitrogens with zero attached hydrogens (tertiary/aromatic N) is 1. The molecule has 0 radical (unpaired) electrons. The standard InChI is InChI=1S/C49H93N2O6P/c1-6-8-10-12-14-16-17-18-19-20-21-22-23-24-25-26-27-28-29-30-31-32-33-35-37-39-41-43-49(53)50-47(46-57-58(54,55)56-45-44-51(3,4)5)48(52)42-40-38-36-34-15-13-11-9-7-2/h7,9,15,20-21,34,40,42,47-48,52H,6,8,10-14,16-19,22-33,35-39,41,43-46H2,1-5H3,(H-,50,53,54,55)/p+1/b9-7+,21-20-,34-15+,42-40+. The van der Waals surface area contributed by atoms with E-state index in [4.69, 9.17) is 9.05 Å². The maximum absolute atomic E-state index is 12.8. The van der Waals surface area contributed by atoms with Crippen LogP contribution < -0.4 is 5.32 Å². The Morgan fingerprint density at radius 2 is 1.02 bits per heavy atom. The third kappa shape index (κ3) is 42.6. The zero-order chi connectivity index (χ0) is 42.8. The molecule has 0 spiro atoms. The first-order chi connectivity index (χ1) is 28.0. The molecule has 0 fully saturated rings. The van der Waals surface area contributed by atoms with Gasteiger partial charge in [-0.2, -0.15) is 0 Å². The van der Waals surface area contributed by atoms with Gasteiger partial charge < -0.3 is 19.8 Å². The number of phosphoric acid groups is 1. The number of aliphatic hydroxyl groups is 1. The second kappa shape index (κ2) is 40.8. The van der Waals surface area contributed by atoms with Crippen molar-refractivity contribution in [3.05, 3.63) is 48.6 Å². The maximum atomic E-state index is 12.8. The highest BCUT2D eigenvalue weighted by Gasteiger charge is 2.27. The SMILES string of the molecule is C/C=C/CC/C=C/CC/C=C/C(O)C(COP(=O)(O)OCC[N+](C)(C)C)NC(=O)CCCCCCCCCCCCCCCCC/C=C\CCCCCCCCCC. The molecule has 0 aromatic carbocycles. The Balaban J connectivity index is 4.08. The summed E-state index contributed by atoms with van der Waals surface area (Å²) in [7, 11) is 1.54. The third-order valence-electron chi connectivity index (χ3n) is 10.6. The van der Waals surface area contributed by atoms with Gasteiger partial charge in [-0.1, -0.05) is 184 Å². The summed E-state index contributed by atoms with van der Waals surface area (Å²) in [6.45, 7) is 4.55. The van der Waals surface area contributed by atoms with Crippen LogP contribution in [0.3, 0.4) is 0 Å². The average Bonchev–Trinajstić information content (AvgIpc) is 3.17. The Morgan fingerprint density at radius 3 is 1.48 bits per heavy atom. The van der Waals surface area contributed by atoms with E-state index in [9.17, 15) is 19.4 Å². The van der Waals surface area contributed by atoms with Gasteiger partial charge >= 0.3 is 7.82 Å². The Hall–Kier alpha value is -1.54. The zero-order valence-electron chi connectivity index (χ0n) is 38.5. The molecule has 8 nitrogen and oxygen atoms in total. The molecular formula is C49H94N2O6P+. The van der Waals surface area contributed by atoms with Gasteiger partial charge in [0, 0.05) is 6.42 Å². The van der Waals surface area contributed by atoms with Crippen LogP contribution in [0.4, 0.5) is 0 Å². The van der Waals surface area contributed by atoms with Crippen LogP contribution in [0.1, 0.15) is 206 Å². The van der Waals surface area contributed by atoms with Crippen molar-refractivity contribution in [3.63, 3.8) is 0 Å². The van der Waals surface area contributed by atoms with Gasteiger partial charge in [0.25, 0.3) is 0 Å². The number of amides is 1. The monoisotopic (exact) mass is 838 g/mol. The molecule has 0 aliphatic rings. The van der Waals surface area contributed by atoms with Crippen LogP contribution in [-0.2, 0) is 18.4 Å². The molecule has 0 rings (SSSR count). The second-order valence-electron chi connectivity index (χ2n) is 17.5. The number of quaternary nitrogens is 1. The fourth-order valence-electron chi connectivity index (χ4n) is 6.78. The predicted molar refractivity (Wildman–Crippen MR) is 249 cm³/mol. The number of rotatable bonds is 43. The Morgan fingerprint density at radius 1 is 0.603 bits per heavy atom. The van der Waals surface area contributed by atoms with E-state index in [1.165, 1.54) is 141 Å². The van der Waals surface area contributed by atoms with Crippen molar-refractivity contribution in [1.82, 2.24) is 5.32 Å². The first kappa shape index (κ1) is 56.5. The van der Waals surface area contributed by atoms with Crippen molar-refractivity contribution in [2.24, 2.45) is 0 Å². The lowest BCUT2D eigenvalue weighted by atomic mass is 10.0. The first-order valence-electron chi connectivity index (χ1n) is 24.0. The Labute approximate surface area is 359 Å². The summed E-state index contributed by atoms with van der Waals surface area (Å²) >= 11 is 0. The van der Waals surface area contributed by atoms with E-state index in [0.717, 1.165) is 44.9 Å². The number of likely N-dealkylation sites (N-methyl/N-ethyl adjacent to an activating group) is 1. The van der Waals surface area contributed by atoms with Crippen molar-refractivity contribution in [3.8, 4) is 0 Å². The largest absolute Gasteiger partial charge is 0.472 e. The number of carbonyl (C=O) groups excluding carboxylic acids is 1. The molecule has 3 N–H and O–H groups in total. The van der Waals surface area contributed by atoms with Gasteiger partial charge in [-0.25, -0.2) is 4.57 Å². The molecule has 0 bridgehead atoms. The van der Waals surface area contributed by atoms with E-state index in [0.29, 0.717) is 17.4 Å². The molecule has 0 aromatic rings. The first-order valence-corrected chi connectivity index (χ1v) is 25.5. The number of hydrogen-bond donors (Lipinski definition) is 3. The zero-order valence-corrected chi connectivity index (χ0v) is 39.4. The lowest BCUT2D eigenvalue weighted by Crippen LogP contribution is -2.45. The molecule has 3 atom stereocenters. The fraction of sp³-hybridized carbons (Fsp3) is 0.816. The van der Waals surface area contributed by atoms with E-state index in [2.05, 4.69) is 42.6 Å². The normalized spacial score (nSPS) is 14.7. The molecule has 0 aliphatic heterocycles. The van der Waals surface area contributed by atoms with Crippen molar-refractivity contribution >= 4 is 13.7 Å². The van der Waals surface area contributed by atoms with Crippen LogP contribution in [-0.4, -0.2) is 73.4 Å². The van der Waals surface area contributed by atoms with Crippen molar-refractivity contribution in [2.45, 2.75) is 219 Å². The topological polar surface area (TPSA) is 105 Å². The molecule has 3 unspecified atom stereocenters. The van der Waals surface area contributed by atoms with Gasteiger partial charge in [0.2, 0.25) is 5.91 Å². The Bertz CT molecular complexity index is 1090. The van der Waals surface area contributed by atoms with Gasteiger partial charge in [0.1, 0.15) is 13.2 Å². The summed E-state index contributed by atoms with van der Waals surface area (Å²) < 4.78 is 23.5. The highest BCUT2D eigenvalue weighted by molar-refractivity contribution is 7.47. The van der Waals surface area contributed by atoms with E-state index in [1.807, 2.05) is 40.2 Å². The predicted octanol–water partition coefficient (Wildman–Crippen LogP) is 13.6. The second-order valence-corrected chi connectivity index (χ2v) is 18.9. The van der Waals surface area contributed by atoms with Crippen molar-refractivity contribution in [1.29, 1.82) is 0 Å². The summed E-state index contributed by atoms with van der Waals surface area (Å²) in [5.74, 6) is -0.194. The quantitative estimate of drug-likeness (QED) is 0.0244. The van der Waals surface area contributed by atoms with Crippen molar-refractivity contribution < 1.29 is 32.9 Å². The van der Waals surface area contributed by atoms with Crippen LogP contribution >= 0.6 is 7.82 Å². The number of phosphoric ester groups is 1. The number of hydrogen-bond acceptors (Lipinski definition) is 5. The molecule has 0 aliphatic carbocycles. The number of unbranched alkanes of at least 4 members (excludes halogenated alkanes) is 25. The summed E-state index contributed by atoms with van der Waals surface area (Å²) in [6, 6.07) is -0.867. The minimum Gasteiger partial charge on any atom is -0.387 e. The lowest BCUT2D eigenvalue weighted by Gasteiger charge is -2.25. The summed E-state index contributed by atoms with van der Waals surface area (Å²) in [4.78, 5) is 23.1. The molecular weight excluding hydrogens is 744 g/mol. The van der Waals surface area contributed by atoms with E-state index in [1.54, 1.807) is 6.08 Å². The van der Waals surface area contributed by atoms with Crippen LogP contribution in [0.2, 0.25) is 0 Å². The van der Waals surface area contributed by atoms with Gasteiger partial charge in [-0.15, -0.1) is 0 Å². The summed E-state index contributed by atoms with van der Waals surface area (Å²) in [6.07, 6.45) is 52.3. The Kier molecular flexibility index (Phi) is 39.8. The van der Waals surface area contributed by atoms with Crippen LogP contribution in [0.15, 0.2) is 48.6 Å². The van der Waals surface area contributed by atoms with Gasteiger partial charge in [0.15, 0.2) is 0 Å². The number of aliphatic hydroxyl groups excluding tert-OH is 1. The van der Waals surface area contributed by atoms with Crippen molar-refractivity contribution in [2.75, 3.05) is 40.9 Å². The molecule has 0 heterocycles. The van der Waals surface area contributed by atoms with Gasteiger partial charge in [-0.05, 0) is 64.7 Å². The molecule has 340 valence electrons. The molecule has 0 saturated heterocycles. The minimum absolute atomic E-state index is 0.0528. The number of carbonyl (C=O) groups is 1. The van der Waals surface area contributed by atoms with Crippen LogP contribution in [0, 0.1) is 0 Å². The van der Waals surface area contributed by atoms with E-state index >= 15 is 0 Å². The molecule has 1 amide bonds. The van der Waals surface area contributed by atoms with E-state index in [-0.39, 0.29) is 19.1 Å². The summed E-state index contributed by atoms with van der Waals surface area (Å²) in [5.41, 5.74) is 0. The highest BCUT2D eigenvalue weighted by Crippen LogP contribution is 2.43. The number of allylic oxidation sites excluding steroid dienone is 7. The number of nitrogens with one attached hydrogen (secondary N) is 1. The summed E-state index contributed by atoms with van der Waals surface area (Å²) in [5, 5.41) is 13.7. The maximum Gasteiger partial charge on any atom is 0.472 e. The molecule has 9 heteroatoms. The smallest absolute Gasteiger partial charge is 0.387 e. The average molecular weight is 838 g/mol. The highest BCUT2D eigenvalue weighted by atomic mass is 31.2. The van der Waals surface area contributed by atoms with Gasteiger partial charge in [0.05, 0.1) is 39.9 Å².